The van der Waals surface area contributed by atoms with Crippen molar-refractivity contribution in [3.63, 3.8) is 0 Å². The van der Waals surface area contributed by atoms with Gasteiger partial charge in [0, 0.05) is 34.5 Å². The number of hydrogen-bond acceptors (Lipinski definition) is 6. The van der Waals surface area contributed by atoms with Crippen molar-refractivity contribution in [2.45, 2.75) is 19.1 Å². The zero-order valence-electron chi connectivity index (χ0n) is 17.4. The summed E-state index contributed by atoms with van der Waals surface area (Å²) < 4.78 is 5.58. The number of pyridine rings is 1. The summed E-state index contributed by atoms with van der Waals surface area (Å²) in [5, 5.41) is 3.51. The van der Waals surface area contributed by atoms with E-state index < -0.39 is 0 Å². The Morgan fingerprint density at radius 2 is 1.59 bits per heavy atom. The summed E-state index contributed by atoms with van der Waals surface area (Å²) in [6.45, 7) is 1.93. The second-order valence-corrected chi connectivity index (χ2v) is 8.04. The van der Waals surface area contributed by atoms with Gasteiger partial charge in [0.05, 0.1) is 12.2 Å². The molecule has 8 heteroatoms. The van der Waals surface area contributed by atoms with Crippen LogP contribution in [-0.4, -0.2) is 29.4 Å². The fourth-order valence-electron chi connectivity index (χ4n) is 3.59. The average molecular weight is 451 g/mol. The SMILES string of the molecule is CC1C(NC(=O)COc2ccc(C(=O)c3ccc(Cl)cc3)cc2)NNC1c1ccncc1. The number of hydrogen-bond donors (Lipinski definition) is 3. The van der Waals surface area contributed by atoms with Crippen molar-refractivity contribution in [2.75, 3.05) is 6.61 Å². The lowest BCUT2D eigenvalue weighted by Crippen LogP contribution is -2.47. The molecule has 1 aliphatic heterocycles. The fraction of sp³-hybridized carbons (Fsp3) is 0.208. The molecule has 1 fully saturated rings. The van der Waals surface area contributed by atoms with Crippen molar-refractivity contribution in [3.8, 4) is 5.75 Å². The summed E-state index contributed by atoms with van der Waals surface area (Å²) in [4.78, 5) is 28.9. The highest BCUT2D eigenvalue weighted by Gasteiger charge is 2.34. The molecular weight excluding hydrogens is 428 g/mol. The van der Waals surface area contributed by atoms with Gasteiger partial charge in [0.1, 0.15) is 5.75 Å². The maximum absolute atomic E-state index is 12.5. The third-order valence-corrected chi connectivity index (χ3v) is 5.67. The number of rotatable bonds is 7. The molecule has 3 unspecified atom stereocenters. The molecule has 1 aliphatic rings. The molecule has 7 nitrogen and oxygen atoms in total. The molecule has 1 aromatic heterocycles. The van der Waals surface area contributed by atoms with E-state index in [1.54, 1.807) is 60.9 Å². The van der Waals surface area contributed by atoms with Gasteiger partial charge in [-0.25, -0.2) is 10.9 Å². The van der Waals surface area contributed by atoms with Crippen LogP contribution in [0.2, 0.25) is 5.02 Å². The molecule has 164 valence electrons. The van der Waals surface area contributed by atoms with E-state index in [2.05, 4.69) is 28.1 Å². The van der Waals surface area contributed by atoms with Crippen molar-refractivity contribution in [1.29, 1.82) is 0 Å². The first kappa shape index (κ1) is 22.0. The molecule has 32 heavy (non-hydrogen) atoms. The monoisotopic (exact) mass is 450 g/mol. The fourth-order valence-corrected chi connectivity index (χ4v) is 3.72. The molecule has 3 N–H and O–H groups in total. The van der Waals surface area contributed by atoms with E-state index in [1.807, 2.05) is 12.1 Å². The van der Waals surface area contributed by atoms with Gasteiger partial charge in [-0.05, 0) is 66.2 Å². The Morgan fingerprint density at radius 3 is 2.25 bits per heavy atom. The lowest BCUT2D eigenvalue weighted by Gasteiger charge is -2.19. The molecule has 0 saturated carbocycles. The Hall–Kier alpha value is -3.26. The predicted molar refractivity (Wildman–Crippen MR) is 121 cm³/mol. The Kier molecular flexibility index (Phi) is 6.80. The number of aromatic nitrogens is 1. The number of nitrogens with one attached hydrogen (secondary N) is 3. The molecule has 3 aromatic rings. The highest BCUT2D eigenvalue weighted by atomic mass is 35.5. The van der Waals surface area contributed by atoms with Crippen LogP contribution in [0.1, 0.15) is 34.5 Å². The largest absolute Gasteiger partial charge is 0.484 e. The summed E-state index contributed by atoms with van der Waals surface area (Å²) in [6.07, 6.45) is 3.26. The highest BCUT2D eigenvalue weighted by Crippen LogP contribution is 2.26. The third-order valence-electron chi connectivity index (χ3n) is 5.42. The number of carbonyl (C=O) groups is 2. The molecule has 0 spiro atoms. The van der Waals surface area contributed by atoms with E-state index in [9.17, 15) is 9.59 Å². The van der Waals surface area contributed by atoms with Gasteiger partial charge >= 0.3 is 0 Å². The van der Waals surface area contributed by atoms with Gasteiger partial charge in [0.2, 0.25) is 0 Å². The number of ether oxygens (including phenoxy) is 1. The Balaban J connectivity index is 1.28. The topological polar surface area (TPSA) is 92.3 Å². The van der Waals surface area contributed by atoms with Crippen LogP contribution >= 0.6 is 11.6 Å². The van der Waals surface area contributed by atoms with Crippen LogP contribution < -0.4 is 20.9 Å². The zero-order chi connectivity index (χ0) is 22.5. The second-order valence-electron chi connectivity index (χ2n) is 7.60. The minimum absolute atomic E-state index is 0.0648. The molecule has 0 aliphatic carbocycles. The highest BCUT2D eigenvalue weighted by molar-refractivity contribution is 6.30. The van der Waals surface area contributed by atoms with Crippen molar-refractivity contribution in [1.82, 2.24) is 21.2 Å². The van der Waals surface area contributed by atoms with Crippen molar-refractivity contribution in [3.05, 3.63) is 94.8 Å². The van der Waals surface area contributed by atoms with E-state index in [0.717, 1.165) is 5.56 Å². The van der Waals surface area contributed by atoms with Crippen molar-refractivity contribution < 1.29 is 14.3 Å². The van der Waals surface area contributed by atoms with E-state index in [4.69, 9.17) is 16.3 Å². The average Bonchev–Trinajstić information content (AvgIpc) is 3.18. The predicted octanol–water partition coefficient (Wildman–Crippen LogP) is 3.27. The van der Waals surface area contributed by atoms with Crippen LogP contribution in [0.15, 0.2) is 73.1 Å². The Morgan fingerprint density at radius 1 is 0.969 bits per heavy atom. The van der Waals surface area contributed by atoms with E-state index in [1.165, 1.54) is 0 Å². The lowest BCUT2D eigenvalue weighted by atomic mass is 9.95. The summed E-state index contributed by atoms with van der Waals surface area (Å²) in [7, 11) is 0. The molecule has 2 heterocycles. The Bertz CT molecular complexity index is 1070. The maximum Gasteiger partial charge on any atom is 0.259 e. The van der Waals surface area contributed by atoms with Gasteiger partial charge < -0.3 is 10.1 Å². The van der Waals surface area contributed by atoms with Gasteiger partial charge in [0.15, 0.2) is 12.4 Å². The summed E-state index contributed by atoms with van der Waals surface area (Å²) in [6, 6.07) is 17.4. The standard InChI is InChI=1S/C24H23ClN4O3/c1-15-22(16-10-12-26-13-11-16)28-29-24(15)27-21(30)14-32-20-8-4-18(5-9-20)23(31)17-2-6-19(25)7-3-17/h2-13,15,22,24,28-29H,14H2,1H3,(H,27,30). The number of carbonyl (C=O) groups excluding carboxylic acids is 2. The van der Waals surface area contributed by atoms with Gasteiger partial charge in [-0.3, -0.25) is 14.6 Å². The summed E-state index contributed by atoms with van der Waals surface area (Å²) in [5.41, 5.74) is 8.51. The molecule has 1 saturated heterocycles. The quantitative estimate of drug-likeness (QED) is 0.478. The van der Waals surface area contributed by atoms with Crippen molar-refractivity contribution >= 4 is 23.3 Å². The lowest BCUT2D eigenvalue weighted by molar-refractivity contribution is -0.124. The molecule has 1 amide bonds. The first-order valence-electron chi connectivity index (χ1n) is 10.2. The van der Waals surface area contributed by atoms with Crippen LogP contribution in [0.4, 0.5) is 0 Å². The van der Waals surface area contributed by atoms with Crippen LogP contribution in [-0.2, 0) is 4.79 Å². The van der Waals surface area contributed by atoms with E-state index in [-0.39, 0.29) is 36.4 Å². The number of hydrazine groups is 1. The molecule has 0 bridgehead atoms. The van der Waals surface area contributed by atoms with Gasteiger partial charge in [-0.1, -0.05) is 18.5 Å². The first-order chi connectivity index (χ1) is 15.5. The zero-order valence-corrected chi connectivity index (χ0v) is 18.2. The summed E-state index contributed by atoms with van der Waals surface area (Å²) >= 11 is 5.87. The number of ketones is 1. The normalized spacial score (nSPS) is 20.0. The maximum atomic E-state index is 12.5. The summed E-state index contributed by atoms with van der Waals surface area (Å²) in [5.74, 6) is 0.281. The minimum atomic E-state index is -0.243. The molecular formula is C24H23ClN4O3. The molecule has 2 aromatic carbocycles. The van der Waals surface area contributed by atoms with Gasteiger partial charge in [-0.2, -0.15) is 0 Å². The van der Waals surface area contributed by atoms with Gasteiger partial charge in [-0.15, -0.1) is 0 Å². The van der Waals surface area contributed by atoms with E-state index >= 15 is 0 Å². The molecule has 4 rings (SSSR count). The number of nitrogens with zero attached hydrogens (tertiary/aromatic N) is 1. The number of amides is 1. The molecule has 3 atom stereocenters. The van der Waals surface area contributed by atoms with Crippen LogP contribution in [0.5, 0.6) is 5.75 Å². The van der Waals surface area contributed by atoms with Crippen LogP contribution in [0, 0.1) is 5.92 Å². The molecule has 0 radical (unpaired) electrons. The van der Waals surface area contributed by atoms with Crippen LogP contribution in [0.3, 0.4) is 0 Å². The van der Waals surface area contributed by atoms with Crippen molar-refractivity contribution in [2.24, 2.45) is 5.92 Å². The number of halogens is 1. The minimum Gasteiger partial charge on any atom is -0.484 e. The third kappa shape index (κ3) is 5.13. The number of benzene rings is 2. The second kappa shape index (κ2) is 9.91. The van der Waals surface area contributed by atoms with Crippen LogP contribution in [0.25, 0.3) is 0 Å². The first-order valence-corrected chi connectivity index (χ1v) is 10.6. The van der Waals surface area contributed by atoms with Gasteiger partial charge in [0.25, 0.3) is 5.91 Å². The van der Waals surface area contributed by atoms with E-state index in [0.29, 0.717) is 21.9 Å². The smallest absolute Gasteiger partial charge is 0.259 e. The Labute approximate surface area is 191 Å².